The van der Waals surface area contributed by atoms with Gasteiger partial charge in [-0.3, -0.25) is 10.1 Å². The van der Waals surface area contributed by atoms with Gasteiger partial charge in [0.1, 0.15) is 5.69 Å². The molecule has 1 N–H and O–H groups in total. The average Bonchev–Trinajstić information content (AvgIpc) is 2.38. The van der Waals surface area contributed by atoms with Gasteiger partial charge in [-0.05, 0) is 25.0 Å². The molecule has 1 aromatic carbocycles. The monoisotopic (exact) mass is 315 g/mol. The van der Waals surface area contributed by atoms with Crippen LogP contribution in [0.2, 0.25) is 0 Å². The van der Waals surface area contributed by atoms with Gasteiger partial charge in [0.15, 0.2) is 0 Å². The van der Waals surface area contributed by atoms with E-state index in [-0.39, 0.29) is 5.69 Å². The van der Waals surface area contributed by atoms with Gasteiger partial charge in [-0.25, -0.2) is 12.7 Å². The summed E-state index contributed by atoms with van der Waals surface area (Å²) in [5, 5.41) is 14.0. The first-order valence-electron chi connectivity index (χ1n) is 6.69. The van der Waals surface area contributed by atoms with Gasteiger partial charge >= 0.3 is 0 Å². The van der Waals surface area contributed by atoms with E-state index in [1.807, 2.05) is 0 Å². The normalized spacial score (nSPS) is 11.6. The van der Waals surface area contributed by atoms with Crippen LogP contribution in [-0.2, 0) is 10.0 Å². The zero-order valence-electron chi connectivity index (χ0n) is 12.5. The van der Waals surface area contributed by atoms with Gasteiger partial charge in [0.25, 0.3) is 5.69 Å². The summed E-state index contributed by atoms with van der Waals surface area (Å²) < 4.78 is 24.2. The van der Waals surface area contributed by atoms with E-state index < -0.39 is 14.9 Å². The van der Waals surface area contributed by atoms with Gasteiger partial charge in [-0.15, -0.1) is 0 Å². The van der Waals surface area contributed by atoms with Crippen LogP contribution in [0.25, 0.3) is 0 Å². The van der Waals surface area contributed by atoms with Crippen LogP contribution in [0.1, 0.15) is 18.9 Å². The molecular formula is C13H21N3O4S. The SMILES string of the molecule is CCN(CCCNc1ccc(C)cc1[N+](=O)[O-])S(C)(=O)=O. The molecule has 0 radical (unpaired) electrons. The molecule has 0 saturated carbocycles. The third-order valence-electron chi connectivity index (χ3n) is 3.07. The maximum Gasteiger partial charge on any atom is 0.292 e. The van der Waals surface area contributed by atoms with E-state index >= 15 is 0 Å². The third kappa shape index (κ3) is 5.31. The molecule has 8 heteroatoms. The Morgan fingerprint density at radius 1 is 1.38 bits per heavy atom. The number of nitro benzene ring substituents is 1. The second kappa shape index (κ2) is 7.37. The predicted octanol–water partition coefficient (Wildman–Crippen LogP) is 1.99. The van der Waals surface area contributed by atoms with E-state index in [4.69, 9.17) is 0 Å². The number of nitrogens with one attached hydrogen (secondary N) is 1. The summed E-state index contributed by atoms with van der Waals surface area (Å²) in [7, 11) is -3.19. The van der Waals surface area contributed by atoms with Crippen LogP contribution in [0.5, 0.6) is 0 Å². The summed E-state index contributed by atoms with van der Waals surface area (Å²) in [6, 6.07) is 4.98. The summed E-state index contributed by atoms with van der Waals surface area (Å²) in [6.07, 6.45) is 1.75. The molecule has 0 unspecified atom stereocenters. The molecule has 0 aliphatic heterocycles. The Hall–Kier alpha value is -1.67. The van der Waals surface area contributed by atoms with Gasteiger partial charge in [-0.1, -0.05) is 13.0 Å². The first kappa shape index (κ1) is 17.4. The molecule has 0 spiro atoms. The Balaban J connectivity index is 2.59. The summed E-state index contributed by atoms with van der Waals surface area (Å²) in [5.74, 6) is 0. The molecule has 0 fully saturated rings. The lowest BCUT2D eigenvalue weighted by Gasteiger charge is -2.17. The van der Waals surface area contributed by atoms with Crippen molar-refractivity contribution in [2.24, 2.45) is 0 Å². The van der Waals surface area contributed by atoms with E-state index in [0.29, 0.717) is 31.7 Å². The molecule has 1 aromatic rings. The number of nitrogens with zero attached hydrogens (tertiary/aromatic N) is 2. The summed E-state index contributed by atoms with van der Waals surface area (Å²) >= 11 is 0. The lowest BCUT2D eigenvalue weighted by Crippen LogP contribution is -2.31. The van der Waals surface area contributed by atoms with Crippen LogP contribution in [0.4, 0.5) is 11.4 Å². The topological polar surface area (TPSA) is 92.5 Å². The lowest BCUT2D eigenvalue weighted by atomic mass is 10.2. The zero-order valence-corrected chi connectivity index (χ0v) is 13.3. The largest absolute Gasteiger partial charge is 0.379 e. The molecule has 118 valence electrons. The Bertz CT molecular complexity index is 601. The summed E-state index contributed by atoms with van der Waals surface area (Å²) in [4.78, 5) is 10.5. The van der Waals surface area contributed by atoms with Crippen molar-refractivity contribution in [3.63, 3.8) is 0 Å². The van der Waals surface area contributed by atoms with Gasteiger partial charge < -0.3 is 5.32 Å². The molecule has 0 saturated heterocycles. The number of rotatable bonds is 8. The van der Waals surface area contributed by atoms with Gasteiger partial charge in [0, 0.05) is 25.7 Å². The van der Waals surface area contributed by atoms with E-state index in [9.17, 15) is 18.5 Å². The van der Waals surface area contributed by atoms with Crippen molar-refractivity contribution >= 4 is 21.4 Å². The maximum absolute atomic E-state index is 11.4. The molecule has 0 bridgehead atoms. The second-order valence-corrected chi connectivity index (χ2v) is 6.80. The molecule has 0 aliphatic carbocycles. The minimum absolute atomic E-state index is 0.0328. The number of sulfonamides is 1. The van der Waals surface area contributed by atoms with Crippen LogP contribution in [0.3, 0.4) is 0 Å². The Morgan fingerprint density at radius 3 is 2.57 bits per heavy atom. The van der Waals surface area contributed by atoms with E-state index in [1.54, 1.807) is 26.0 Å². The highest BCUT2D eigenvalue weighted by Gasteiger charge is 2.15. The summed E-state index contributed by atoms with van der Waals surface area (Å²) in [6.45, 7) is 4.85. The van der Waals surface area contributed by atoms with E-state index in [1.165, 1.54) is 16.6 Å². The minimum Gasteiger partial charge on any atom is -0.379 e. The highest BCUT2D eigenvalue weighted by atomic mass is 32.2. The number of nitro groups is 1. The van der Waals surface area contributed by atoms with E-state index in [2.05, 4.69) is 5.32 Å². The first-order chi connectivity index (χ1) is 9.75. The fraction of sp³-hybridized carbons (Fsp3) is 0.538. The van der Waals surface area contributed by atoms with Crippen LogP contribution < -0.4 is 5.32 Å². The Kier molecular flexibility index (Phi) is 6.10. The molecule has 0 atom stereocenters. The molecule has 0 aromatic heterocycles. The van der Waals surface area contributed by atoms with E-state index in [0.717, 1.165) is 5.56 Å². The Labute approximate surface area is 125 Å². The zero-order chi connectivity index (χ0) is 16.0. The smallest absolute Gasteiger partial charge is 0.292 e. The number of hydrogen-bond acceptors (Lipinski definition) is 5. The van der Waals surface area contributed by atoms with Crippen LogP contribution >= 0.6 is 0 Å². The van der Waals surface area contributed by atoms with Gasteiger partial charge in [-0.2, -0.15) is 0 Å². The second-order valence-electron chi connectivity index (χ2n) is 4.81. The minimum atomic E-state index is -3.19. The molecule has 0 amide bonds. The Morgan fingerprint density at radius 2 is 2.05 bits per heavy atom. The molecule has 7 nitrogen and oxygen atoms in total. The van der Waals surface area contributed by atoms with Crippen molar-refractivity contribution in [2.45, 2.75) is 20.3 Å². The summed E-state index contributed by atoms with van der Waals surface area (Å²) in [5.41, 5.74) is 1.31. The molecule has 1 rings (SSSR count). The fourth-order valence-corrected chi connectivity index (χ4v) is 2.91. The predicted molar refractivity (Wildman–Crippen MR) is 83.0 cm³/mol. The van der Waals surface area contributed by atoms with Crippen LogP contribution in [-0.4, -0.2) is 43.5 Å². The first-order valence-corrected chi connectivity index (χ1v) is 8.54. The molecule has 0 heterocycles. The van der Waals surface area contributed by atoms with Crippen molar-refractivity contribution in [1.82, 2.24) is 4.31 Å². The van der Waals surface area contributed by atoms with Crippen molar-refractivity contribution in [3.05, 3.63) is 33.9 Å². The number of anilines is 1. The highest BCUT2D eigenvalue weighted by Crippen LogP contribution is 2.25. The van der Waals surface area contributed by atoms with Crippen molar-refractivity contribution in [2.75, 3.05) is 31.2 Å². The van der Waals surface area contributed by atoms with Crippen LogP contribution in [0, 0.1) is 17.0 Å². The maximum atomic E-state index is 11.4. The van der Waals surface area contributed by atoms with Crippen molar-refractivity contribution in [1.29, 1.82) is 0 Å². The van der Waals surface area contributed by atoms with Crippen LogP contribution in [0.15, 0.2) is 18.2 Å². The molecular weight excluding hydrogens is 294 g/mol. The standard InChI is InChI=1S/C13H21N3O4S/c1-4-15(21(3,19)20)9-5-8-14-12-7-6-11(2)10-13(12)16(17)18/h6-7,10,14H,4-5,8-9H2,1-3H3. The van der Waals surface area contributed by atoms with Gasteiger partial charge in [0.2, 0.25) is 10.0 Å². The fourth-order valence-electron chi connectivity index (χ4n) is 1.98. The quantitative estimate of drug-likeness (QED) is 0.450. The number of hydrogen-bond donors (Lipinski definition) is 1. The third-order valence-corrected chi connectivity index (χ3v) is 4.45. The highest BCUT2D eigenvalue weighted by molar-refractivity contribution is 7.88. The lowest BCUT2D eigenvalue weighted by molar-refractivity contribution is -0.384. The van der Waals surface area contributed by atoms with Crippen molar-refractivity contribution < 1.29 is 13.3 Å². The average molecular weight is 315 g/mol. The molecule has 21 heavy (non-hydrogen) atoms. The number of aryl methyl sites for hydroxylation is 1. The van der Waals surface area contributed by atoms with Gasteiger partial charge in [0.05, 0.1) is 11.2 Å². The number of benzene rings is 1. The van der Waals surface area contributed by atoms with Crippen molar-refractivity contribution in [3.8, 4) is 0 Å². The molecule has 0 aliphatic rings.